The molecule has 1 amide bonds. The summed E-state index contributed by atoms with van der Waals surface area (Å²) in [4.78, 5) is 11.8. The van der Waals surface area contributed by atoms with E-state index in [2.05, 4.69) is 15.7 Å². The van der Waals surface area contributed by atoms with Crippen molar-refractivity contribution < 1.29 is 4.79 Å². The molecule has 1 atom stereocenters. The molecule has 6 heteroatoms. The topological polar surface area (TPSA) is 59.0 Å². The van der Waals surface area contributed by atoms with Gasteiger partial charge in [0.15, 0.2) is 0 Å². The van der Waals surface area contributed by atoms with Crippen LogP contribution in [0.15, 0.2) is 12.3 Å². The number of aromatic nitrogens is 2. The number of rotatable bonds is 2. The first-order chi connectivity index (χ1) is 7.27. The van der Waals surface area contributed by atoms with Crippen LogP contribution in [-0.4, -0.2) is 28.3 Å². The molecule has 0 radical (unpaired) electrons. The minimum atomic E-state index is -0.0475. The molecule has 0 spiro atoms. The molecule has 16 heavy (non-hydrogen) atoms. The second-order valence-electron chi connectivity index (χ2n) is 3.83. The molecular formula is C10H17ClN4O. The predicted octanol–water partition coefficient (Wildman–Crippen LogP) is 0.922. The number of nitrogens with zero attached hydrogens (tertiary/aromatic N) is 2. The van der Waals surface area contributed by atoms with E-state index in [0.29, 0.717) is 0 Å². The quantitative estimate of drug-likeness (QED) is 0.814. The highest BCUT2D eigenvalue weighted by Crippen LogP contribution is 2.10. The Morgan fingerprint density at radius 1 is 1.62 bits per heavy atom. The van der Waals surface area contributed by atoms with Gasteiger partial charge in [-0.15, -0.1) is 12.4 Å². The Balaban J connectivity index is 0.00000128. The maximum Gasteiger partial charge on any atom is 0.242 e. The van der Waals surface area contributed by atoms with Crippen molar-refractivity contribution in [1.82, 2.24) is 15.1 Å². The van der Waals surface area contributed by atoms with Gasteiger partial charge in [-0.1, -0.05) is 6.42 Å². The lowest BCUT2D eigenvalue weighted by atomic mass is 10.0. The van der Waals surface area contributed by atoms with E-state index in [1.165, 1.54) is 0 Å². The SMILES string of the molecule is Cl.Cn1nccc1NC(=O)C1CCCCN1. The summed E-state index contributed by atoms with van der Waals surface area (Å²) in [7, 11) is 1.81. The molecule has 0 aromatic carbocycles. The molecule has 0 saturated carbocycles. The number of hydrogen-bond donors (Lipinski definition) is 2. The predicted molar refractivity (Wildman–Crippen MR) is 64.7 cm³/mol. The van der Waals surface area contributed by atoms with Gasteiger partial charge >= 0.3 is 0 Å². The molecule has 1 unspecified atom stereocenters. The van der Waals surface area contributed by atoms with Crippen LogP contribution in [0.2, 0.25) is 0 Å². The lowest BCUT2D eigenvalue weighted by molar-refractivity contribution is -0.118. The van der Waals surface area contributed by atoms with Crippen LogP contribution in [-0.2, 0) is 11.8 Å². The summed E-state index contributed by atoms with van der Waals surface area (Å²) >= 11 is 0. The van der Waals surface area contributed by atoms with E-state index in [4.69, 9.17) is 0 Å². The number of aryl methyl sites for hydroxylation is 1. The molecule has 1 fully saturated rings. The third-order valence-corrected chi connectivity index (χ3v) is 2.70. The molecule has 2 heterocycles. The normalized spacial score (nSPS) is 19.9. The van der Waals surface area contributed by atoms with Crippen LogP contribution >= 0.6 is 12.4 Å². The molecule has 0 aliphatic carbocycles. The van der Waals surface area contributed by atoms with E-state index in [9.17, 15) is 4.79 Å². The van der Waals surface area contributed by atoms with Crippen molar-refractivity contribution in [3.8, 4) is 0 Å². The average Bonchev–Trinajstić information content (AvgIpc) is 2.66. The fourth-order valence-electron chi connectivity index (χ4n) is 1.79. The van der Waals surface area contributed by atoms with Gasteiger partial charge in [0.1, 0.15) is 5.82 Å². The molecule has 1 aliphatic heterocycles. The fraction of sp³-hybridized carbons (Fsp3) is 0.600. The summed E-state index contributed by atoms with van der Waals surface area (Å²) < 4.78 is 1.65. The van der Waals surface area contributed by atoms with Crippen LogP contribution in [0.3, 0.4) is 0 Å². The maximum atomic E-state index is 11.8. The summed E-state index contributed by atoms with van der Waals surface area (Å²) in [5, 5.41) is 10.1. The zero-order valence-corrected chi connectivity index (χ0v) is 10.1. The number of carbonyl (C=O) groups excluding carboxylic acids is 1. The average molecular weight is 245 g/mol. The largest absolute Gasteiger partial charge is 0.310 e. The zero-order valence-electron chi connectivity index (χ0n) is 9.27. The van der Waals surface area contributed by atoms with E-state index in [1.54, 1.807) is 16.9 Å². The third-order valence-electron chi connectivity index (χ3n) is 2.70. The monoisotopic (exact) mass is 244 g/mol. The maximum absolute atomic E-state index is 11.8. The number of halogens is 1. The number of nitrogens with one attached hydrogen (secondary N) is 2. The lowest BCUT2D eigenvalue weighted by Gasteiger charge is -2.22. The molecule has 1 aromatic heterocycles. The van der Waals surface area contributed by atoms with E-state index in [0.717, 1.165) is 31.6 Å². The summed E-state index contributed by atoms with van der Waals surface area (Å²) in [5.41, 5.74) is 0. The van der Waals surface area contributed by atoms with Crippen LogP contribution in [0.5, 0.6) is 0 Å². The van der Waals surface area contributed by atoms with E-state index in [1.807, 2.05) is 7.05 Å². The minimum absolute atomic E-state index is 0. The number of piperidine rings is 1. The van der Waals surface area contributed by atoms with Crippen molar-refractivity contribution in [3.63, 3.8) is 0 Å². The van der Waals surface area contributed by atoms with Crippen LogP contribution in [0, 0.1) is 0 Å². The van der Waals surface area contributed by atoms with Crippen molar-refractivity contribution >= 4 is 24.1 Å². The smallest absolute Gasteiger partial charge is 0.242 e. The Morgan fingerprint density at radius 2 is 2.44 bits per heavy atom. The van der Waals surface area contributed by atoms with Crippen molar-refractivity contribution in [2.45, 2.75) is 25.3 Å². The third kappa shape index (κ3) is 2.96. The van der Waals surface area contributed by atoms with Crippen LogP contribution in [0.25, 0.3) is 0 Å². The molecular weight excluding hydrogens is 228 g/mol. The first-order valence-corrected chi connectivity index (χ1v) is 5.29. The molecule has 5 nitrogen and oxygen atoms in total. The first kappa shape index (κ1) is 13.0. The van der Waals surface area contributed by atoms with E-state index < -0.39 is 0 Å². The van der Waals surface area contributed by atoms with E-state index >= 15 is 0 Å². The first-order valence-electron chi connectivity index (χ1n) is 5.29. The van der Waals surface area contributed by atoms with Gasteiger partial charge in [0.2, 0.25) is 5.91 Å². The Morgan fingerprint density at radius 3 is 3.00 bits per heavy atom. The van der Waals surface area contributed by atoms with Gasteiger partial charge in [0, 0.05) is 13.1 Å². The Labute approximate surface area is 101 Å². The van der Waals surface area contributed by atoms with Gasteiger partial charge in [-0.05, 0) is 19.4 Å². The Kier molecular flexibility index (Phi) is 4.76. The summed E-state index contributed by atoms with van der Waals surface area (Å²) in [5.74, 6) is 0.783. The number of carbonyl (C=O) groups is 1. The Hall–Kier alpha value is -1.07. The van der Waals surface area contributed by atoms with Crippen molar-refractivity contribution in [1.29, 1.82) is 0 Å². The van der Waals surface area contributed by atoms with Gasteiger partial charge in [0.25, 0.3) is 0 Å². The van der Waals surface area contributed by atoms with Gasteiger partial charge in [-0.25, -0.2) is 0 Å². The highest BCUT2D eigenvalue weighted by molar-refractivity contribution is 5.94. The number of anilines is 1. The van der Waals surface area contributed by atoms with Gasteiger partial charge < -0.3 is 10.6 Å². The highest BCUT2D eigenvalue weighted by Gasteiger charge is 2.20. The molecule has 1 aromatic rings. The fourth-order valence-corrected chi connectivity index (χ4v) is 1.79. The minimum Gasteiger partial charge on any atom is -0.310 e. The highest BCUT2D eigenvalue weighted by atomic mass is 35.5. The second-order valence-corrected chi connectivity index (χ2v) is 3.83. The number of amides is 1. The van der Waals surface area contributed by atoms with Crippen molar-refractivity contribution in [2.75, 3.05) is 11.9 Å². The second kappa shape index (κ2) is 5.86. The van der Waals surface area contributed by atoms with Gasteiger partial charge in [-0.3, -0.25) is 9.48 Å². The van der Waals surface area contributed by atoms with Crippen LogP contribution < -0.4 is 10.6 Å². The zero-order chi connectivity index (χ0) is 10.7. The molecule has 2 N–H and O–H groups in total. The summed E-state index contributed by atoms with van der Waals surface area (Å²) in [6.45, 7) is 0.934. The van der Waals surface area contributed by atoms with Crippen molar-refractivity contribution in [2.24, 2.45) is 7.05 Å². The standard InChI is InChI=1S/C10H16N4O.ClH/c1-14-9(5-7-12-14)13-10(15)8-4-2-3-6-11-8;/h5,7-8,11H,2-4,6H2,1H3,(H,13,15);1H. The van der Waals surface area contributed by atoms with Crippen LogP contribution in [0.4, 0.5) is 5.82 Å². The summed E-state index contributed by atoms with van der Waals surface area (Å²) in [6.07, 6.45) is 4.87. The number of hydrogen-bond acceptors (Lipinski definition) is 3. The lowest BCUT2D eigenvalue weighted by Crippen LogP contribution is -2.43. The molecule has 1 saturated heterocycles. The van der Waals surface area contributed by atoms with Crippen molar-refractivity contribution in [3.05, 3.63) is 12.3 Å². The Bertz CT molecular complexity index is 346. The molecule has 0 bridgehead atoms. The van der Waals surface area contributed by atoms with Gasteiger partial charge in [0.05, 0.1) is 12.2 Å². The van der Waals surface area contributed by atoms with Gasteiger partial charge in [-0.2, -0.15) is 5.10 Å². The molecule has 90 valence electrons. The van der Waals surface area contributed by atoms with Crippen LogP contribution in [0.1, 0.15) is 19.3 Å². The molecule has 2 rings (SSSR count). The summed E-state index contributed by atoms with van der Waals surface area (Å²) in [6, 6.07) is 1.74. The van der Waals surface area contributed by atoms with E-state index in [-0.39, 0.29) is 24.4 Å². The molecule has 1 aliphatic rings.